The zero-order chi connectivity index (χ0) is 29.7. The van der Waals surface area contributed by atoms with Crippen molar-refractivity contribution < 1.29 is 18.3 Å². The van der Waals surface area contributed by atoms with E-state index >= 15 is 4.39 Å². The van der Waals surface area contributed by atoms with Gasteiger partial charge in [0.15, 0.2) is 0 Å². The van der Waals surface area contributed by atoms with Crippen molar-refractivity contribution in [2.45, 2.75) is 25.9 Å². The fourth-order valence-corrected chi connectivity index (χ4v) is 6.84. The summed E-state index contributed by atoms with van der Waals surface area (Å²) >= 11 is 1.48. The van der Waals surface area contributed by atoms with Crippen LogP contribution in [-0.2, 0) is 18.3 Å². The molecule has 1 aliphatic rings. The molecule has 220 valence electrons. The Labute approximate surface area is 250 Å². The second kappa shape index (κ2) is 11.1. The van der Waals surface area contributed by atoms with Crippen molar-refractivity contribution in [1.82, 2.24) is 29.6 Å². The SMILES string of the molecule is CC[C@@H]1NCCn2nc(-c3nc(-c4ccc5c(c4)ncn5C)c4ccsc4c3-c3c(F)cc(F)cc3OCCOC)cc21. The van der Waals surface area contributed by atoms with Gasteiger partial charge in [-0.2, -0.15) is 5.10 Å². The quantitative estimate of drug-likeness (QED) is 0.195. The molecule has 2 aromatic carbocycles. The van der Waals surface area contributed by atoms with Gasteiger partial charge in [-0.15, -0.1) is 11.3 Å². The fourth-order valence-electron chi connectivity index (χ4n) is 5.90. The lowest BCUT2D eigenvalue weighted by Crippen LogP contribution is -2.33. The number of aromatic nitrogens is 5. The smallest absolute Gasteiger partial charge is 0.137 e. The minimum Gasteiger partial charge on any atom is -0.490 e. The number of aryl methyl sites for hydroxylation is 1. The standard InChI is InChI=1S/C32H30F2N6O2S/c1-4-22-26-16-24(38-40(26)9-8-35-22)31-29(28-21(34)14-19(33)15-27(28)42-11-10-41-3)32-20(7-12-43-32)30(37-31)18-5-6-25-23(13-18)36-17-39(25)2/h5-7,12-17,22,35H,4,8-11H2,1-3H3/t22-/m0/s1. The highest BCUT2D eigenvalue weighted by molar-refractivity contribution is 7.18. The van der Waals surface area contributed by atoms with Crippen LogP contribution in [0.25, 0.3) is 54.9 Å². The Bertz CT molecular complexity index is 1980. The number of imidazole rings is 1. The highest BCUT2D eigenvalue weighted by Crippen LogP contribution is 2.47. The van der Waals surface area contributed by atoms with E-state index in [1.807, 2.05) is 52.0 Å². The summed E-state index contributed by atoms with van der Waals surface area (Å²) in [6.07, 6.45) is 2.68. The van der Waals surface area contributed by atoms with Crippen molar-refractivity contribution in [2.75, 3.05) is 26.9 Å². The van der Waals surface area contributed by atoms with Gasteiger partial charge in [0.05, 0.1) is 47.5 Å². The summed E-state index contributed by atoms with van der Waals surface area (Å²) in [5, 5.41) is 11.3. The first-order valence-corrected chi connectivity index (χ1v) is 15.1. The number of ether oxygens (including phenoxy) is 2. The predicted molar refractivity (Wildman–Crippen MR) is 164 cm³/mol. The fraction of sp³-hybridized carbons (Fsp3) is 0.281. The summed E-state index contributed by atoms with van der Waals surface area (Å²) in [5.74, 6) is -1.36. The Balaban J connectivity index is 1.52. The molecular formula is C32H30F2N6O2S. The second-order valence-electron chi connectivity index (χ2n) is 10.6. The van der Waals surface area contributed by atoms with E-state index < -0.39 is 11.6 Å². The molecule has 0 bridgehead atoms. The molecule has 4 aromatic heterocycles. The largest absolute Gasteiger partial charge is 0.490 e. The van der Waals surface area contributed by atoms with Crippen LogP contribution < -0.4 is 10.1 Å². The number of rotatable bonds is 8. The summed E-state index contributed by atoms with van der Waals surface area (Å²) < 4.78 is 46.4. The minimum atomic E-state index is -0.732. The monoisotopic (exact) mass is 600 g/mol. The zero-order valence-electron chi connectivity index (χ0n) is 24.0. The molecule has 0 aliphatic carbocycles. The molecule has 0 radical (unpaired) electrons. The van der Waals surface area contributed by atoms with Crippen molar-refractivity contribution >= 4 is 32.5 Å². The average molecular weight is 601 g/mol. The van der Waals surface area contributed by atoms with Crippen molar-refractivity contribution in [3.8, 4) is 39.5 Å². The first-order valence-electron chi connectivity index (χ1n) is 14.2. The number of nitrogens with one attached hydrogen (secondary N) is 1. The Morgan fingerprint density at radius 2 is 1.95 bits per heavy atom. The van der Waals surface area contributed by atoms with Crippen LogP contribution in [0, 0.1) is 11.6 Å². The van der Waals surface area contributed by atoms with Gasteiger partial charge in [-0.3, -0.25) is 4.68 Å². The minimum absolute atomic E-state index is 0.0898. The predicted octanol–water partition coefficient (Wildman–Crippen LogP) is 6.74. The molecule has 0 fully saturated rings. The van der Waals surface area contributed by atoms with Crippen molar-refractivity contribution in [3.63, 3.8) is 0 Å². The Kier molecular flexibility index (Phi) is 7.16. The van der Waals surface area contributed by atoms with E-state index in [1.165, 1.54) is 17.4 Å². The second-order valence-corrected chi connectivity index (χ2v) is 11.5. The van der Waals surface area contributed by atoms with E-state index in [4.69, 9.17) is 19.6 Å². The average Bonchev–Trinajstić information content (AvgIpc) is 3.75. The van der Waals surface area contributed by atoms with Gasteiger partial charge in [0.25, 0.3) is 0 Å². The third-order valence-corrected chi connectivity index (χ3v) is 8.89. The summed E-state index contributed by atoms with van der Waals surface area (Å²) in [6.45, 7) is 4.04. The topological polar surface area (TPSA) is 79.0 Å². The number of methoxy groups -OCH3 is 1. The molecule has 0 spiro atoms. The highest BCUT2D eigenvalue weighted by atomic mass is 32.1. The van der Waals surface area contributed by atoms with Crippen molar-refractivity contribution in [2.24, 2.45) is 7.05 Å². The molecule has 6 aromatic rings. The van der Waals surface area contributed by atoms with Crippen molar-refractivity contribution in [1.29, 1.82) is 0 Å². The number of fused-ring (bicyclic) bond motifs is 3. The highest BCUT2D eigenvalue weighted by Gasteiger charge is 2.28. The van der Waals surface area contributed by atoms with E-state index in [0.29, 0.717) is 23.5 Å². The third kappa shape index (κ3) is 4.77. The Morgan fingerprint density at radius 1 is 1.07 bits per heavy atom. The Hall–Kier alpha value is -4.19. The third-order valence-electron chi connectivity index (χ3n) is 7.95. The van der Waals surface area contributed by atoms with Gasteiger partial charge in [-0.05, 0) is 36.1 Å². The summed E-state index contributed by atoms with van der Waals surface area (Å²) in [6, 6.07) is 12.3. The maximum Gasteiger partial charge on any atom is 0.137 e. The molecule has 1 N–H and O–H groups in total. The molecule has 43 heavy (non-hydrogen) atoms. The normalized spacial score (nSPS) is 15.0. The van der Waals surface area contributed by atoms with Gasteiger partial charge in [-0.1, -0.05) is 13.0 Å². The first-order chi connectivity index (χ1) is 21.0. The molecule has 1 aliphatic heterocycles. The van der Waals surface area contributed by atoms with Crippen LogP contribution in [0.5, 0.6) is 5.75 Å². The van der Waals surface area contributed by atoms with E-state index in [0.717, 1.165) is 57.1 Å². The van der Waals surface area contributed by atoms with Crippen LogP contribution >= 0.6 is 11.3 Å². The molecule has 0 saturated carbocycles. The van der Waals surface area contributed by atoms with Crippen LogP contribution in [0.1, 0.15) is 25.1 Å². The summed E-state index contributed by atoms with van der Waals surface area (Å²) in [5.41, 5.74) is 6.33. The molecule has 1 atom stereocenters. The van der Waals surface area contributed by atoms with E-state index in [-0.39, 0.29) is 30.6 Å². The van der Waals surface area contributed by atoms with Gasteiger partial charge >= 0.3 is 0 Å². The molecule has 11 heteroatoms. The maximum atomic E-state index is 16.0. The molecule has 7 rings (SSSR count). The van der Waals surface area contributed by atoms with Crippen molar-refractivity contribution in [3.05, 3.63) is 71.5 Å². The van der Waals surface area contributed by atoms with Crippen LogP contribution in [0.15, 0.2) is 54.2 Å². The zero-order valence-corrected chi connectivity index (χ0v) is 24.8. The first kappa shape index (κ1) is 27.6. The lowest BCUT2D eigenvalue weighted by molar-refractivity contribution is 0.146. The lowest BCUT2D eigenvalue weighted by atomic mass is 9.96. The molecular weight excluding hydrogens is 570 g/mol. The number of thiophene rings is 1. The van der Waals surface area contributed by atoms with Gasteiger partial charge in [0, 0.05) is 60.1 Å². The molecule has 8 nitrogen and oxygen atoms in total. The summed E-state index contributed by atoms with van der Waals surface area (Å²) in [4.78, 5) is 9.78. The molecule has 0 saturated heterocycles. The van der Waals surface area contributed by atoms with Gasteiger partial charge in [0.2, 0.25) is 0 Å². The van der Waals surface area contributed by atoms with Gasteiger partial charge in [0.1, 0.15) is 35.4 Å². The van der Waals surface area contributed by atoms with E-state index in [2.05, 4.69) is 17.2 Å². The van der Waals surface area contributed by atoms with Gasteiger partial charge < -0.3 is 19.4 Å². The molecule has 5 heterocycles. The molecule has 0 unspecified atom stereocenters. The summed E-state index contributed by atoms with van der Waals surface area (Å²) in [7, 11) is 3.51. The number of nitrogens with zero attached hydrogens (tertiary/aromatic N) is 5. The number of hydrogen-bond acceptors (Lipinski definition) is 7. The van der Waals surface area contributed by atoms with Crippen LogP contribution in [0.2, 0.25) is 0 Å². The van der Waals surface area contributed by atoms with E-state index in [9.17, 15) is 4.39 Å². The van der Waals surface area contributed by atoms with Crippen LogP contribution in [0.4, 0.5) is 8.78 Å². The number of hydrogen-bond donors (Lipinski definition) is 1. The molecule has 0 amide bonds. The Morgan fingerprint density at radius 3 is 2.79 bits per heavy atom. The van der Waals surface area contributed by atoms with Gasteiger partial charge in [-0.25, -0.2) is 18.7 Å². The maximum absolute atomic E-state index is 16.0. The van der Waals surface area contributed by atoms with Crippen LogP contribution in [-0.4, -0.2) is 51.2 Å². The lowest BCUT2D eigenvalue weighted by Gasteiger charge is -2.23. The number of pyridine rings is 1. The van der Waals surface area contributed by atoms with Crippen LogP contribution in [0.3, 0.4) is 0 Å². The van der Waals surface area contributed by atoms with E-state index in [1.54, 1.807) is 13.4 Å². The number of benzene rings is 2. The number of halogens is 2.